The fraction of sp³-hybridized carbons (Fsp3) is 0.750. The number of hydrogen-bond donors (Lipinski definition) is 1. The predicted molar refractivity (Wildman–Crippen MR) is 46.0 cm³/mol. The number of aliphatic hydroxyl groups is 1. The van der Waals surface area contributed by atoms with Crippen LogP contribution in [0.5, 0.6) is 0 Å². The van der Waals surface area contributed by atoms with Crippen LogP contribution in [0, 0.1) is 5.92 Å². The molecular formula is C8H13BrO. The number of hydrogen-bond acceptors (Lipinski definition) is 1. The summed E-state index contributed by atoms with van der Waals surface area (Å²) < 4.78 is 1.30. The largest absolute Gasteiger partial charge is 0.393 e. The number of aliphatic hydroxyl groups excluding tert-OH is 1. The van der Waals surface area contributed by atoms with E-state index in [9.17, 15) is 5.11 Å². The highest BCUT2D eigenvalue weighted by atomic mass is 79.9. The number of allylic oxidation sites excluding steroid dienone is 2. The Morgan fingerprint density at radius 1 is 1.80 bits per heavy atom. The van der Waals surface area contributed by atoms with E-state index in [-0.39, 0.29) is 6.10 Å². The van der Waals surface area contributed by atoms with E-state index in [0.29, 0.717) is 5.92 Å². The first kappa shape index (κ1) is 8.28. The van der Waals surface area contributed by atoms with E-state index < -0.39 is 0 Å². The molecule has 1 rings (SSSR count). The molecule has 0 saturated carbocycles. The second kappa shape index (κ2) is 3.54. The number of halogens is 1. The van der Waals surface area contributed by atoms with E-state index in [2.05, 4.69) is 22.0 Å². The van der Waals surface area contributed by atoms with E-state index in [4.69, 9.17) is 0 Å². The molecule has 2 atom stereocenters. The van der Waals surface area contributed by atoms with Crippen LogP contribution >= 0.6 is 15.9 Å². The molecule has 0 bridgehead atoms. The average molecular weight is 205 g/mol. The van der Waals surface area contributed by atoms with E-state index in [0.717, 1.165) is 19.3 Å². The van der Waals surface area contributed by atoms with Crippen LogP contribution in [0.1, 0.15) is 26.2 Å². The fourth-order valence-electron chi connectivity index (χ4n) is 1.26. The van der Waals surface area contributed by atoms with Gasteiger partial charge in [0.1, 0.15) is 0 Å². The Morgan fingerprint density at radius 3 is 2.90 bits per heavy atom. The maximum absolute atomic E-state index is 9.22. The summed E-state index contributed by atoms with van der Waals surface area (Å²) in [7, 11) is 0. The molecule has 1 aliphatic rings. The van der Waals surface area contributed by atoms with Crippen LogP contribution in [0.3, 0.4) is 0 Å². The van der Waals surface area contributed by atoms with Crippen molar-refractivity contribution in [2.75, 3.05) is 0 Å². The lowest BCUT2D eigenvalue weighted by Gasteiger charge is -2.21. The first-order chi connectivity index (χ1) is 4.70. The van der Waals surface area contributed by atoms with Gasteiger partial charge in [-0.05, 0) is 36.6 Å². The van der Waals surface area contributed by atoms with E-state index in [1.54, 1.807) is 0 Å². The maximum Gasteiger partial charge on any atom is 0.0543 e. The van der Waals surface area contributed by atoms with Gasteiger partial charge in [0.25, 0.3) is 0 Å². The van der Waals surface area contributed by atoms with Gasteiger partial charge in [0.05, 0.1) is 6.10 Å². The summed E-state index contributed by atoms with van der Waals surface area (Å²) in [6, 6.07) is 0. The van der Waals surface area contributed by atoms with Crippen molar-refractivity contribution in [3.8, 4) is 0 Å². The van der Waals surface area contributed by atoms with E-state index in [1.165, 1.54) is 4.48 Å². The molecule has 0 heterocycles. The van der Waals surface area contributed by atoms with Gasteiger partial charge >= 0.3 is 0 Å². The van der Waals surface area contributed by atoms with Gasteiger partial charge in [-0.1, -0.05) is 22.0 Å². The first-order valence-electron chi connectivity index (χ1n) is 3.72. The monoisotopic (exact) mass is 204 g/mol. The SMILES string of the molecule is C[C@H](O)[C@H]1CC=C(Br)CC1. The highest BCUT2D eigenvalue weighted by Crippen LogP contribution is 2.28. The van der Waals surface area contributed by atoms with Gasteiger partial charge in [-0.15, -0.1) is 0 Å². The zero-order chi connectivity index (χ0) is 7.56. The zero-order valence-corrected chi connectivity index (χ0v) is 7.76. The molecular weight excluding hydrogens is 192 g/mol. The Bertz CT molecular complexity index is 140. The van der Waals surface area contributed by atoms with Gasteiger partial charge in [-0.3, -0.25) is 0 Å². The molecule has 0 aromatic heterocycles. The van der Waals surface area contributed by atoms with Gasteiger partial charge in [0.15, 0.2) is 0 Å². The third-order valence-electron chi connectivity index (χ3n) is 2.08. The summed E-state index contributed by atoms with van der Waals surface area (Å²) in [5.41, 5.74) is 0. The van der Waals surface area contributed by atoms with Crippen molar-refractivity contribution in [2.24, 2.45) is 5.92 Å². The molecule has 0 aliphatic heterocycles. The maximum atomic E-state index is 9.22. The van der Waals surface area contributed by atoms with E-state index >= 15 is 0 Å². The molecule has 0 aromatic carbocycles. The average Bonchev–Trinajstić information content (AvgIpc) is 1.88. The van der Waals surface area contributed by atoms with Crippen LogP contribution in [0.4, 0.5) is 0 Å². The number of rotatable bonds is 1. The minimum Gasteiger partial charge on any atom is -0.393 e. The van der Waals surface area contributed by atoms with Gasteiger partial charge in [0.2, 0.25) is 0 Å². The third kappa shape index (κ3) is 2.10. The summed E-state index contributed by atoms with van der Waals surface area (Å²) in [5.74, 6) is 0.487. The normalized spacial score (nSPS) is 29.5. The second-order valence-electron chi connectivity index (χ2n) is 2.93. The first-order valence-corrected chi connectivity index (χ1v) is 4.52. The van der Waals surface area contributed by atoms with Gasteiger partial charge in [0, 0.05) is 0 Å². The smallest absolute Gasteiger partial charge is 0.0543 e. The lowest BCUT2D eigenvalue weighted by Crippen LogP contribution is -2.17. The Labute approximate surface area is 70.3 Å². The molecule has 0 radical (unpaired) electrons. The third-order valence-corrected chi connectivity index (χ3v) is 2.80. The van der Waals surface area contributed by atoms with Crippen molar-refractivity contribution in [3.63, 3.8) is 0 Å². The van der Waals surface area contributed by atoms with E-state index in [1.807, 2.05) is 6.92 Å². The van der Waals surface area contributed by atoms with Crippen LogP contribution in [0.25, 0.3) is 0 Å². The van der Waals surface area contributed by atoms with Gasteiger partial charge in [-0.2, -0.15) is 0 Å². The fourth-order valence-corrected chi connectivity index (χ4v) is 1.68. The Hall–Kier alpha value is 0.180. The van der Waals surface area contributed by atoms with Gasteiger partial charge in [-0.25, -0.2) is 0 Å². The van der Waals surface area contributed by atoms with Crippen molar-refractivity contribution in [2.45, 2.75) is 32.3 Å². The second-order valence-corrected chi connectivity index (χ2v) is 3.94. The molecule has 0 unspecified atom stereocenters. The van der Waals surface area contributed by atoms with Crippen LogP contribution in [0.15, 0.2) is 10.6 Å². The van der Waals surface area contributed by atoms with Crippen molar-refractivity contribution in [1.29, 1.82) is 0 Å². The van der Waals surface area contributed by atoms with Crippen LogP contribution in [-0.2, 0) is 0 Å². The van der Waals surface area contributed by atoms with Gasteiger partial charge < -0.3 is 5.11 Å². The van der Waals surface area contributed by atoms with Crippen molar-refractivity contribution in [3.05, 3.63) is 10.6 Å². The summed E-state index contributed by atoms with van der Waals surface area (Å²) in [5, 5.41) is 9.22. The molecule has 1 aliphatic carbocycles. The molecule has 58 valence electrons. The minimum atomic E-state index is -0.142. The highest BCUT2D eigenvalue weighted by molar-refractivity contribution is 9.11. The standard InChI is InChI=1S/C8H13BrO/c1-6(10)7-2-4-8(9)5-3-7/h4,6-7,10H,2-3,5H2,1H3/t6-,7-/m0/s1. The Morgan fingerprint density at radius 2 is 2.50 bits per heavy atom. The highest BCUT2D eigenvalue weighted by Gasteiger charge is 2.17. The minimum absolute atomic E-state index is 0.142. The Kier molecular flexibility index (Phi) is 2.93. The summed E-state index contributed by atoms with van der Waals surface area (Å²) in [4.78, 5) is 0. The molecule has 0 fully saturated rings. The molecule has 1 nitrogen and oxygen atoms in total. The summed E-state index contributed by atoms with van der Waals surface area (Å²) in [6.07, 6.45) is 5.26. The molecule has 0 saturated heterocycles. The molecule has 0 aromatic rings. The topological polar surface area (TPSA) is 20.2 Å². The molecule has 0 spiro atoms. The van der Waals surface area contributed by atoms with Crippen LogP contribution in [-0.4, -0.2) is 11.2 Å². The summed E-state index contributed by atoms with van der Waals surface area (Å²) >= 11 is 3.44. The lowest BCUT2D eigenvalue weighted by molar-refractivity contribution is 0.119. The summed E-state index contributed by atoms with van der Waals surface area (Å²) in [6.45, 7) is 1.87. The molecule has 2 heteroatoms. The zero-order valence-electron chi connectivity index (χ0n) is 6.18. The molecule has 0 amide bonds. The molecule has 10 heavy (non-hydrogen) atoms. The molecule has 1 N–H and O–H groups in total. The van der Waals surface area contributed by atoms with Crippen LogP contribution in [0.2, 0.25) is 0 Å². The quantitative estimate of drug-likeness (QED) is 0.697. The van der Waals surface area contributed by atoms with Crippen molar-refractivity contribution >= 4 is 15.9 Å². The van der Waals surface area contributed by atoms with Crippen molar-refractivity contribution in [1.82, 2.24) is 0 Å². The van der Waals surface area contributed by atoms with Crippen LogP contribution < -0.4 is 0 Å². The lowest BCUT2D eigenvalue weighted by atomic mass is 9.90. The van der Waals surface area contributed by atoms with Crippen molar-refractivity contribution < 1.29 is 5.11 Å². The predicted octanol–water partition coefficient (Wildman–Crippen LogP) is 2.45. The Balaban J connectivity index is 2.42.